The van der Waals surface area contributed by atoms with Crippen LogP contribution in [0.25, 0.3) is 0 Å². The number of rotatable bonds is 1. The lowest BCUT2D eigenvalue weighted by atomic mass is 9.78. The molecule has 0 saturated heterocycles. The molecule has 2 aliphatic rings. The molecule has 0 spiro atoms. The summed E-state index contributed by atoms with van der Waals surface area (Å²) in [4.78, 5) is 11.5. The highest BCUT2D eigenvalue weighted by atomic mass is 16.5. The number of hydrogen-bond donors (Lipinski definition) is 0. The summed E-state index contributed by atoms with van der Waals surface area (Å²) in [6.07, 6.45) is 6.52. The number of esters is 1. The van der Waals surface area contributed by atoms with Crippen molar-refractivity contribution in [3.63, 3.8) is 0 Å². The average molecular weight is 166 g/mol. The maximum Gasteiger partial charge on any atom is 0.312 e. The van der Waals surface area contributed by atoms with Gasteiger partial charge in [0, 0.05) is 0 Å². The molecular weight excluding hydrogens is 152 g/mol. The molecule has 0 aromatic heterocycles. The standard InChI is InChI=1S/C10H14O2/c1-10(9(11)12-2)6-7-3-4-8(10)5-7/h3-4,7-8H,5-6H2,1-2H3/t7-,8+,10+/m1/s1. The molecule has 0 unspecified atom stereocenters. The minimum absolute atomic E-state index is 0.0423. The first kappa shape index (κ1) is 7.84. The van der Waals surface area contributed by atoms with Crippen molar-refractivity contribution in [1.29, 1.82) is 0 Å². The third kappa shape index (κ3) is 0.838. The highest BCUT2D eigenvalue weighted by Crippen LogP contribution is 2.52. The van der Waals surface area contributed by atoms with Gasteiger partial charge < -0.3 is 4.74 Å². The van der Waals surface area contributed by atoms with Gasteiger partial charge in [0.1, 0.15) is 0 Å². The van der Waals surface area contributed by atoms with Crippen LogP contribution in [0.1, 0.15) is 19.8 Å². The van der Waals surface area contributed by atoms with Crippen molar-refractivity contribution in [1.82, 2.24) is 0 Å². The van der Waals surface area contributed by atoms with Crippen molar-refractivity contribution in [2.45, 2.75) is 19.8 Å². The van der Waals surface area contributed by atoms with Crippen LogP contribution >= 0.6 is 0 Å². The fourth-order valence-corrected chi connectivity index (χ4v) is 2.56. The van der Waals surface area contributed by atoms with Crippen LogP contribution in [-0.4, -0.2) is 13.1 Å². The Morgan fingerprint density at radius 2 is 2.33 bits per heavy atom. The fraction of sp³-hybridized carbons (Fsp3) is 0.700. The zero-order valence-electron chi connectivity index (χ0n) is 7.54. The van der Waals surface area contributed by atoms with Gasteiger partial charge in [-0.25, -0.2) is 0 Å². The number of fused-ring (bicyclic) bond motifs is 2. The Morgan fingerprint density at radius 3 is 2.75 bits per heavy atom. The minimum atomic E-state index is -0.228. The van der Waals surface area contributed by atoms with Crippen LogP contribution in [0.5, 0.6) is 0 Å². The van der Waals surface area contributed by atoms with E-state index < -0.39 is 0 Å². The van der Waals surface area contributed by atoms with E-state index in [0.29, 0.717) is 11.8 Å². The van der Waals surface area contributed by atoms with Crippen LogP contribution in [0.4, 0.5) is 0 Å². The topological polar surface area (TPSA) is 26.3 Å². The second kappa shape index (κ2) is 2.35. The van der Waals surface area contributed by atoms with Gasteiger partial charge in [0.05, 0.1) is 12.5 Å². The Kier molecular flexibility index (Phi) is 1.53. The van der Waals surface area contributed by atoms with Crippen LogP contribution in [0.3, 0.4) is 0 Å². The molecule has 2 aliphatic carbocycles. The molecule has 0 aliphatic heterocycles. The maximum atomic E-state index is 11.5. The van der Waals surface area contributed by atoms with Crippen LogP contribution in [-0.2, 0) is 9.53 Å². The van der Waals surface area contributed by atoms with Crippen molar-refractivity contribution in [2.24, 2.45) is 17.3 Å². The molecule has 1 saturated carbocycles. The summed E-state index contributed by atoms with van der Waals surface area (Å²) in [5.41, 5.74) is -0.228. The molecule has 2 rings (SSSR count). The van der Waals surface area contributed by atoms with E-state index in [2.05, 4.69) is 12.2 Å². The number of allylic oxidation sites excluding steroid dienone is 2. The number of carbonyl (C=O) groups excluding carboxylic acids is 1. The monoisotopic (exact) mass is 166 g/mol. The molecule has 3 atom stereocenters. The van der Waals surface area contributed by atoms with Crippen molar-refractivity contribution in [3.8, 4) is 0 Å². The normalized spacial score (nSPS) is 43.5. The largest absolute Gasteiger partial charge is 0.469 e. The lowest BCUT2D eigenvalue weighted by Gasteiger charge is -2.27. The Hall–Kier alpha value is -0.790. The van der Waals surface area contributed by atoms with Crippen LogP contribution in [0.2, 0.25) is 0 Å². The predicted octanol–water partition coefficient (Wildman–Crippen LogP) is 1.76. The van der Waals surface area contributed by atoms with Gasteiger partial charge in [-0.3, -0.25) is 4.79 Å². The number of ether oxygens (including phenoxy) is 1. The van der Waals surface area contributed by atoms with Crippen molar-refractivity contribution in [2.75, 3.05) is 7.11 Å². The Labute approximate surface area is 72.6 Å². The highest BCUT2D eigenvalue weighted by molar-refractivity contribution is 5.78. The quantitative estimate of drug-likeness (QED) is 0.438. The van der Waals surface area contributed by atoms with Gasteiger partial charge in [-0.2, -0.15) is 0 Å². The number of methoxy groups -OCH3 is 1. The van der Waals surface area contributed by atoms with E-state index in [1.807, 2.05) is 6.92 Å². The second-order valence-corrected chi connectivity index (χ2v) is 4.10. The van der Waals surface area contributed by atoms with Crippen molar-refractivity contribution >= 4 is 5.97 Å². The molecule has 0 aromatic carbocycles. The zero-order chi connectivity index (χ0) is 8.77. The summed E-state index contributed by atoms with van der Waals surface area (Å²) >= 11 is 0. The molecule has 0 amide bonds. The fourth-order valence-electron chi connectivity index (χ4n) is 2.56. The van der Waals surface area contributed by atoms with E-state index in [4.69, 9.17) is 4.74 Å². The molecule has 12 heavy (non-hydrogen) atoms. The summed E-state index contributed by atoms with van der Waals surface area (Å²) in [6.45, 7) is 2.02. The summed E-state index contributed by atoms with van der Waals surface area (Å²) in [6, 6.07) is 0. The second-order valence-electron chi connectivity index (χ2n) is 4.10. The minimum Gasteiger partial charge on any atom is -0.469 e. The number of carbonyl (C=O) groups is 1. The van der Waals surface area contributed by atoms with E-state index in [1.165, 1.54) is 7.11 Å². The van der Waals surface area contributed by atoms with Gasteiger partial charge in [-0.15, -0.1) is 0 Å². The summed E-state index contributed by atoms with van der Waals surface area (Å²) in [7, 11) is 1.48. The predicted molar refractivity (Wildman–Crippen MR) is 45.5 cm³/mol. The van der Waals surface area contributed by atoms with Gasteiger partial charge in [-0.1, -0.05) is 12.2 Å². The van der Waals surface area contributed by atoms with Crippen molar-refractivity contribution in [3.05, 3.63) is 12.2 Å². The summed E-state index contributed by atoms with van der Waals surface area (Å²) in [5, 5.41) is 0. The van der Waals surface area contributed by atoms with Gasteiger partial charge in [0.2, 0.25) is 0 Å². The molecular formula is C10H14O2. The van der Waals surface area contributed by atoms with E-state index in [0.717, 1.165) is 12.8 Å². The van der Waals surface area contributed by atoms with Crippen LogP contribution in [0, 0.1) is 17.3 Å². The Balaban J connectivity index is 2.23. The molecule has 0 radical (unpaired) electrons. The molecule has 1 fully saturated rings. The van der Waals surface area contributed by atoms with E-state index in [1.54, 1.807) is 0 Å². The Morgan fingerprint density at radius 1 is 1.58 bits per heavy atom. The molecule has 2 heteroatoms. The third-order valence-electron chi connectivity index (χ3n) is 3.33. The van der Waals surface area contributed by atoms with E-state index in [-0.39, 0.29) is 11.4 Å². The summed E-state index contributed by atoms with van der Waals surface area (Å²) < 4.78 is 4.82. The number of hydrogen-bond acceptors (Lipinski definition) is 2. The average Bonchev–Trinajstić information content (AvgIpc) is 2.62. The SMILES string of the molecule is COC(=O)[C@@]1(C)C[C@@H]2C=C[C@H]1C2. The van der Waals surface area contributed by atoms with Gasteiger partial charge in [0.25, 0.3) is 0 Å². The van der Waals surface area contributed by atoms with Gasteiger partial charge in [0.15, 0.2) is 0 Å². The molecule has 0 aromatic rings. The molecule has 66 valence electrons. The maximum absolute atomic E-state index is 11.5. The smallest absolute Gasteiger partial charge is 0.312 e. The third-order valence-corrected chi connectivity index (χ3v) is 3.33. The lowest BCUT2D eigenvalue weighted by molar-refractivity contribution is -0.153. The summed E-state index contributed by atoms with van der Waals surface area (Å²) in [5.74, 6) is 1.01. The molecule has 0 heterocycles. The van der Waals surface area contributed by atoms with Crippen molar-refractivity contribution < 1.29 is 9.53 Å². The first-order valence-corrected chi connectivity index (χ1v) is 4.43. The Bertz CT molecular complexity index is 244. The van der Waals surface area contributed by atoms with Crippen LogP contribution < -0.4 is 0 Å². The van der Waals surface area contributed by atoms with Gasteiger partial charge in [-0.05, 0) is 31.6 Å². The molecule has 2 bridgehead atoms. The lowest BCUT2D eigenvalue weighted by Crippen LogP contribution is -2.32. The first-order valence-electron chi connectivity index (χ1n) is 4.43. The zero-order valence-corrected chi connectivity index (χ0v) is 7.54. The first-order chi connectivity index (χ1) is 5.66. The van der Waals surface area contributed by atoms with Gasteiger partial charge >= 0.3 is 5.97 Å². The molecule has 2 nitrogen and oxygen atoms in total. The highest BCUT2D eigenvalue weighted by Gasteiger charge is 2.50. The van der Waals surface area contributed by atoms with Crippen LogP contribution in [0.15, 0.2) is 12.2 Å². The molecule has 0 N–H and O–H groups in total. The van der Waals surface area contributed by atoms with E-state index in [9.17, 15) is 4.79 Å². The van der Waals surface area contributed by atoms with E-state index >= 15 is 0 Å².